The van der Waals surface area contributed by atoms with Crippen molar-refractivity contribution < 1.29 is 9.18 Å². The van der Waals surface area contributed by atoms with E-state index in [-0.39, 0.29) is 11.7 Å². The molecule has 4 nitrogen and oxygen atoms in total. The van der Waals surface area contributed by atoms with Gasteiger partial charge in [0.25, 0.3) is 5.91 Å². The van der Waals surface area contributed by atoms with Gasteiger partial charge in [-0.05, 0) is 47.7 Å². The van der Waals surface area contributed by atoms with Crippen molar-refractivity contribution in [1.29, 1.82) is 0 Å². The Labute approximate surface area is 131 Å². The summed E-state index contributed by atoms with van der Waals surface area (Å²) in [6.45, 7) is 0. The summed E-state index contributed by atoms with van der Waals surface area (Å²) < 4.78 is 13.2. The van der Waals surface area contributed by atoms with Crippen LogP contribution in [0.25, 0.3) is 6.08 Å². The smallest absolute Gasteiger partial charge is 0.266 e. The fourth-order valence-corrected chi connectivity index (χ4v) is 2.92. The summed E-state index contributed by atoms with van der Waals surface area (Å²) >= 11 is 1.26. The van der Waals surface area contributed by atoms with Crippen LogP contribution in [-0.2, 0) is 4.79 Å². The Morgan fingerprint density at radius 1 is 1.32 bits per heavy atom. The van der Waals surface area contributed by atoms with Crippen molar-refractivity contribution in [3.63, 3.8) is 0 Å². The van der Waals surface area contributed by atoms with Crippen LogP contribution in [0.2, 0.25) is 0 Å². The molecule has 2 aromatic rings. The molecular weight excluding hydrogens is 301 g/mol. The molecule has 0 radical (unpaired) electrons. The average Bonchev–Trinajstić information content (AvgIpc) is 2.77. The molecule has 1 fully saturated rings. The van der Waals surface area contributed by atoms with Gasteiger partial charge < -0.3 is 0 Å². The molecule has 22 heavy (non-hydrogen) atoms. The number of aliphatic imine (C=N–C) groups is 1. The molecule has 1 aromatic heterocycles. The Morgan fingerprint density at radius 3 is 2.91 bits per heavy atom. The first-order valence-electron chi connectivity index (χ1n) is 6.55. The minimum Gasteiger partial charge on any atom is -0.290 e. The number of hydrogen-bond donors (Lipinski definition) is 0. The number of hydrogen-bond acceptors (Lipinski definition) is 4. The Bertz CT molecular complexity index is 774. The largest absolute Gasteiger partial charge is 0.290 e. The van der Waals surface area contributed by atoms with Crippen LogP contribution in [0.15, 0.2) is 58.7 Å². The first-order valence-corrected chi connectivity index (χ1v) is 7.37. The topological polar surface area (TPSA) is 45.6 Å². The minimum absolute atomic E-state index is 0.156. The Kier molecular flexibility index (Phi) is 4.02. The molecule has 0 saturated carbocycles. The van der Waals surface area contributed by atoms with Gasteiger partial charge in [-0.25, -0.2) is 9.38 Å². The minimum atomic E-state index is -0.331. The second-order valence-corrected chi connectivity index (χ2v) is 5.64. The lowest BCUT2D eigenvalue weighted by Gasteiger charge is -2.06. The molecule has 0 aliphatic carbocycles. The lowest BCUT2D eigenvalue weighted by Crippen LogP contribution is -2.23. The van der Waals surface area contributed by atoms with Crippen molar-refractivity contribution >= 4 is 34.6 Å². The quantitative estimate of drug-likeness (QED) is 0.798. The normalized spacial score (nSPS) is 18.5. The molecule has 6 heteroatoms. The van der Waals surface area contributed by atoms with Crippen LogP contribution in [-0.4, -0.2) is 28.0 Å². The van der Waals surface area contributed by atoms with Crippen LogP contribution >= 0.6 is 11.8 Å². The van der Waals surface area contributed by atoms with E-state index in [9.17, 15) is 9.18 Å². The predicted molar refractivity (Wildman–Crippen MR) is 86.1 cm³/mol. The van der Waals surface area contributed by atoms with Crippen LogP contribution < -0.4 is 0 Å². The van der Waals surface area contributed by atoms with Crippen LogP contribution in [0, 0.1) is 5.82 Å². The molecular formula is C16H12FN3OS. The maximum atomic E-state index is 13.2. The summed E-state index contributed by atoms with van der Waals surface area (Å²) in [5, 5.41) is 0.570. The average molecular weight is 313 g/mol. The number of thioether (sulfide) groups is 1. The van der Waals surface area contributed by atoms with Gasteiger partial charge in [0.2, 0.25) is 0 Å². The zero-order valence-corrected chi connectivity index (χ0v) is 12.5. The summed E-state index contributed by atoms with van der Waals surface area (Å²) in [5.41, 5.74) is 1.32. The van der Waals surface area contributed by atoms with E-state index in [0.717, 1.165) is 0 Å². The zero-order valence-electron chi connectivity index (χ0n) is 11.7. The molecule has 0 atom stereocenters. The lowest BCUT2D eigenvalue weighted by molar-refractivity contribution is -0.121. The number of pyridine rings is 1. The molecule has 0 bridgehead atoms. The highest BCUT2D eigenvalue weighted by atomic mass is 32.2. The highest BCUT2D eigenvalue weighted by Crippen LogP contribution is 2.32. The fraction of sp³-hybridized carbons (Fsp3) is 0.0625. The molecule has 0 spiro atoms. The van der Waals surface area contributed by atoms with E-state index in [1.165, 1.54) is 28.8 Å². The van der Waals surface area contributed by atoms with Crippen LogP contribution in [0.1, 0.15) is 5.56 Å². The third-order valence-corrected chi connectivity index (χ3v) is 4.08. The molecule has 3 rings (SSSR count). The number of rotatable bonds is 2. The van der Waals surface area contributed by atoms with Crippen molar-refractivity contribution in [2.24, 2.45) is 4.99 Å². The van der Waals surface area contributed by atoms with Gasteiger partial charge in [-0.3, -0.25) is 14.7 Å². The van der Waals surface area contributed by atoms with Crippen LogP contribution in [0.4, 0.5) is 10.1 Å². The molecule has 1 aliphatic rings. The predicted octanol–water partition coefficient (Wildman–Crippen LogP) is 3.45. The van der Waals surface area contributed by atoms with E-state index in [1.807, 2.05) is 6.07 Å². The zero-order chi connectivity index (χ0) is 15.5. The van der Waals surface area contributed by atoms with E-state index >= 15 is 0 Å². The third-order valence-electron chi connectivity index (χ3n) is 3.02. The highest BCUT2D eigenvalue weighted by molar-refractivity contribution is 8.18. The van der Waals surface area contributed by atoms with Crippen molar-refractivity contribution in [2.45, 2.75) is 0 Å². The Morgan fingerprint density at radius 2 is 2.18 bits per heavy atom. The van der Waals surface area contributed by atoms with Crippen molar-refractivity contribution in [3.05, 3.63) is 65.1 Å². The van der Waals surface area contributed by atoms with Crippen LogP contribution in [0.5, 0.6) is 0 Å². The highest BCUT2D eigenvalue weighted by Gasteiger charge is 2.30. The van der Waals surface area contributed by atoms with E-state index < -0.39 is 0 Å². The first-order chi connectivity index (χ1) is 10.6. The molecule has 1 amide bonds. The summed E-state index contributed by atoms with van der Waals surface area (Å²) in [5.74, 6) is -0.487. The Balaban J connectivity index is 1.90. The number of amides is 1. The van der Waals surface area contributed by atoms with E-state index in [2.05, 4.69) is 9.98 Å². The maximum Gasteiger partial charge on any atom is 0.266 e. The van der Waals surface area contributed by atoms with Gasteiger partial charge in [0.1, 0.15) is 5.82 Å². The second-order valence-electron chi connectivity index (χ2n) is 4.64. The van der Waals surface area contributed by atoms with Crippen molar-refractivity contribution in [3.8, 4) is 0 Å². The van der Waals surface area contributed by atoms with Gasteiger partial charge in [-0.15, -0.1) is 0 Å². The molecule has 1 aromatic carbocycles. The van der Waals surface area contributed by atoms with Crippen molar-refractivity contribution in [1.82, 2.24) is 9.88 Å². The van der Waals surface area contributed by atoms with E-state index in [4.69, 9.17) is 0 Å². The van der Waals surface area contributed by atoms with Gasteiger partial charge in [0, 0.05) is 13.2 Å². The second kappa shape index (κ2) is 6.11. The summed E-state index contributed by atoms with van der Waals surface area (Å²) in [7, 11) is 1.66. The molecule has 110 valence electrons. The monoisotopic (exact) mass is 313 g/mol. The fourth-order valence-electron chi connectivity index (χ4n) is 1.93. The molecule has 1 saturated heterocycles. The number of carbonyl (C=O) groups excluding carboxylic acids is 1. The number of likely N-dealkylation sites (N-methyl/N-ethyl adjacent to an activating group) is 1. The summed E-state index contributed by atoms with van der Waals surface area (Å²) in [6, 6.07) is 9.71. The van der Waals surface area contributed by atoms with Gasteiger partial charge in [0.15, 0.2) is 5.17 Å². The van der Waals surface area contributed by atoms with Gasteiger partial charge >= 0.3 is 0 Å². The maximum absolute atomic E-state index is 13.2. The number of benzene rings is 1. The number of amidine groups is 1. The number of carbonyl (C=O) groups is 1. The van der Waals surface area contributed by atoms with Gasteiger partial charge in [-0.1, -0.05) is 12.1 Å². The summed E-state index contributed by atoms with van der Waals surface area (Å²) in [6.07, 6.45) is 4.95. The Hall–Kier alpha value is -2.47. The van der Waals surface area contributed by atoms with Gasteiger partial charge in [-0.2, -0.15) is 0 Å². The first kappa shape index (κ1) is 14.5. The molecule has 0 unspecified atom stereocenters. The van der Waals surface area contributed by atoms with E-state index in [1.54, 1.807) is 43.7 Å². The van der Waals surface area contributed by atoms with Crippen LogP contribution in [0.3, 0.4) is 0 Å². The standard InChI is InChI=1S/C16H12FN3OS/c1-20-15(21)14(9-11-4-2-5-12(17)8-11)22-16(20)19-13-6-3-7-18-10-13/h2-10H,1H3/b14-9-,19-16?. The molecule has 2 heterocycles. The molecule has 1 aliphatic heterocycles. The lowest BCUT2D eigenvalue weighted by atomic mass is 10.2. The van der Waals surface area contributed by atoms with Gasteiger partial charge in [0.05, 0.1) is 16.8 Å². The summed E-state index contributed by atoms with van der Waals surface area (Å²) in [4.78, 5) is 22.6. The SMILES string of the molecule is CN1C(=O)/C(=C/c2cccc(F)c2)SC1=Nc1cccnc1. The number of nitrogens with zero attached hydrogens (tertiary/aromatic N) is 3. The van der Waals surface area contributed by atoms with E-state index in [0.29, 0.717) is 21.3 Å². The number of halogens is 1. The number of aromatic nitrogens is 1. The molecule has 0 N–H and O–H groups in total. The van der Waals surface area contributed by atoms with Crippen molar-refractivity contribution in [2.75, 3.05) is 7.05 Å². The third kappa shape index (κ3) is 3.07.